The van der Waals surface area contributed by atoms with Crippen molar-refractivity contribution in [3.05, 3.63) is 28.3 Å². The standard InChI is InChI=1S/C15H23N3O5S/c1-23-11-10-17-8-6-12(7-9-17)16-13-4-3-5-14(24(2,21)22)15(13)18(19)20/h3-5,12,16H,6-11H2,1-2H3. The van der Waals surface area contributed by atoms with Crippen molar-refractivity contribution in [3.8, 4) is 0 Å². The molecular weight excluding hydrogens is 334 g/mol. The van der Waals surface area contributed by atoms with Crippen molar-refractivity contribution >= 4 is 21.2 Å². The van der Waals surface area contributed by atoms with Crippen molar-refractivity contribution in [1.82, 2.24) is 4.90 Å². The van der Waals surface area contributed by atoms with E-state index in [0.717, 1.165) is 38.7 Å². The number of likely N-dealkylation sites (tertiary alicyclic amines) is 1. The molecule has 0 unspecified atom stereocenters. The van der Waals surface area contributed by atoms with Gasteiger partial charge in [-0.05, 0) is 25.0 Å². The summed E-state index contributed by atoms with van der Waals surface area (Å²) in [6.45, 7) is 3.30. The summed E-state index contributed by atoms with van der Waals surface area (Å²) in [7, 11) is -2.00. The molecule has 1 aliphatic rings. The van der Waals surface area contributed by atoms with Crippen LogP contribution in [0.1, 0.15) is 12.8 Å². The SMILES string of the molecule is COCCN1CCC(Nc2cccc(S(C)(=O)=O)c2[N+](=O)[O-])CC1. The van der Waals surface area contributed by atoms with E-state index in [1.54, 1.807) is 13.2 Å². The van der Waals surface area contributed by atoms with Crippen LogP contribution in [-0.2, 0) is 14.6 Å². The molecule has 0 aromatic heterocycles. The molecule has 1 aromatic rings. The minimum atomic E-state index is -3.66. The smallest absolute Gasteiger partial charge is 0.310 e. The molecular formula is C15H23N3O5S. The molecule has 0 bridgehead atoms. The van der Waals surface area contributed by atoms with Crippen molar-refractivity contribution < 1.29 is 18.1 Å². The van der Waals surface area contributed by atoms with E-state index in [0.29, 0.717) is 6.61 Å². The Morgan fingerprint density at radius 2 is 2.04 bits per heavy atom. The van der Waals surface area contributed by atoms with Gasteiger partial charge >= 0.3 is 5.69 Å². The molecule has 1 aromatic carbocycles. The lowest BCUT2D eigenvalue weighted by Crippen LogP contribution is -2.40. The third-order valence-electron chi connectivity index (χ3n) is 4.14. The zero-order valence-corrected chi connectivity index (χ0v) is 14.7. The molecule has 0 amide bonds. The molecule has 1 N–H and O–H groups in total. The van der Waals surface area contributed by atoms with Crippen LogP contribution in [0.15, 0.2) is 23.1 Å². The summed E-state index contributed by atoms with van der Waals surface area (Å²) in [5, 5.41) is 14.5. The van der Waals surface area contributed by atoms with Crippen LogP contribution in [-0.4, -0.2) is 63.9 Å². The van der Waals surface area contributed by atoms with E-state index in [9.17, 15) is 18.5 Å². The van der Waals surface area contributed by atoms with Gasteiger partial charge in [-0.15, -0.1) is 0 Å². The van der Waals surface area contributed by atoms with Crippen LogP contribution in [0.4, 0.5) is 11.4 Å². The molecule has 8 nitrogen and oxygen atoms in total. The Morgan fingerprint density at radius 3 is 2.58 bits per heavy atom. The number of anilines is 1. The van der Waals surface area contributed by atoms with Crippen molar-refractivity contribution in [2.45, 2.75) is 23.8 Å². The van der Waals surface area contributed by atoms with Gasteiger partial charge in [0.05, 0.1) is 11.5 Å². The first-order valence-corrected chi connectivity index (χ1v) is 9.67. The summed E-state index contributed by atoms with van der Waals surface area (Å²) < 4.78 is 28.7. The fourth-order valence-electron chi connectivity index (χ4n) is 2.87. The van der Waals surface area contributed by atoms with Crippen LogP contribution >= 0.6 is 0 Å². The van der Waals surface area contributed by atoms with Gasteiger partial charge in [-0.1, -0.05) is 6.07 Å². The predicted molar refractivity (Wildman–Crippen MR) is 91.2 cm³/mol. The van der Waals surface area contributed by atoms with Gasteiger partial charge < -0.3 is 15.0 Å². The Balaban J connectivity index is 2.12. The Labute approximate surface area is 141 Å². The highest BCUT2D eigenvalue weighted by Crippen LogP contribution is 2.33. The number of ether oxygens (including phenoxy) is 1. The lowest BCUT2D eigenvalue weighted by molar-refractivity contribution is -0.386. The molecule has 0 atom stereocenters. The van der Waals surface area contributed by atoms with E-state index in [-0.39, 0.29) is 22.3 Å². The largest absolute Gasteiger partial charge is 0.383 e. The topological polar surface area (TPSA) is 102 Å². The quantitative estimate of drug-likeness (QED) is 0.583. The number of hydrogen-bond donors (Lipinski definition) is 1. The molecule has 0 aliphatic carbocycles. The summed E-state index contributed by atoms with van der Waals surface area (Å²) in [5.74, 6) is 0. The Bertz CT molecular complexity index is 684. The predicted octanol–water partition coefficient (Wildman–Crippen LogP) is 1.52. The molecule has 1 fully saturated rings. The summed E-state index contributed by atoms with van der Waals surface area (Å²) in [6, 6.07) is 4.44. The highest BCUT2D eigenvalue weighted by atomic mass is 32.2. The van der Waals surface area contributed by atoms with Crippen LogP contribution < -0.4 is 5.32 Å². The van der Waals surface area contributed by atoms with Crippen LogP contribution in [0, 0.1) is 10.1 Å². The average molecular weight is 357 g/mol. The molecule has 1 heterocycles. The van der Waals surface area contributed by atoms with Crippen molar-refractivity contribution in [3.63, 3.8) is 0 Å². The molecule has 24 heavy (non-hydrogen) atoms. The van der Waals surface area contributed by atoms with Crippen LogP contribution in [0.25, 0.3) is 0 Å². The van der Waals surface area contributed by atoms with E-state index >= 15 is 0 Å². The summed E-state index contributed by atoms with van der Waals surface area (Å²) in [4.78, 5) is 12.8. The molecule has 0 saturated carbocycles. The van der Waals surface area contributed by atoms with E-state index < -0.39 is 14.8 Å². The second-order valence-electron chi connectivity index (χ2n) is 5.93. The van der Waals surface area contributed by atoms with E-state index in [1.807, 2.05) is 0 Å². The van der Waals surface area contributed by atoms with Gasteiger partial charge in [0.15, 0.2) is 9.84 Å². The summed E-state index contributed by atoms with van der Waals surface area (Å²) >= 11 is 0. The molecule has 0 radical (unpaired) electrons. The molecule has 2 rings (SSSR count). The third-order valence-corrected chi connectivity index (χ3v) is 5.27. The first kappa shape index (κ1) is 18.6. The number of nitrogens with zero attached hydrogens (tertiary/aromatic N) is 2. The van der Waals surface area contributed by atoms with Crippen molar-refractivity contribution in [1.29, 1.82) is 0 Å². The van der Waals surface area contributed by atoms with Crippen LogP contribution in [0.5, 0.6) is 0 Å². The minimum Gasteiger partial charge on any atom is -0.383 e. The Hall–Kier alpha value is -1.71. The number of nitro groups is 1. The van der Waals surface area contributed by atoms with Gasteiger partial charge in [-0.3, -0.25) is 10.1 Å². The van der Waals surface area contributed by atoms with Crippen LogP contribution in [0.3, 0.4) is 0 Å². The number of piperidine rings is 1. The Morgan fingerprint density at radius 1 is 1.38 bits per heavy atom. The van der Waals surface area contributed by atoms with Crippen molar-refractivity contribution in [2.75, 3.05) is 44.9 Å². The number of para-hydroxylation sites is 1. The highest BCUT2D eigenvalue weighted by Gasteiger charge is 2.28. The fraction of sp³-hybridized carbons (Fsp3) is 0.600. The zero-order valence-electron chi connectivity index (χ0n) is 13.9. The average Bonchev–Trinajstić information content (AvgIpc) is 2.53. The monoisotopic (exact) mass is 357 g/mol. The van der Waals surface area contributed by atoms with Gasteiger partial charge in [-0.25, -0.2) is 8.42 Å². The highest BCUT2D eigenvalue weighted by molar-refractivity contribution is 7.90. The Kier molecular flexibility index (Phi) is 6.14. The van der Waals surface area contributed by atoms with Crippen molar-refractivity contribution in [2.24, 2.45) is 0 Å². The first-order chi connectivity index (χ1) is 11.3. The van der Waals surface area contributed by atoms with Crippen LogP contribution in [0.2, 0.25) is 0 Å². The maximum Gasteiger partial charge on any atom is 0.310 e. The molecule has 9 heteroatoms. The van der Waals surface area contributed by atoms with Gasteiger partial charge in [-0.2, -0.15) is 0 Å². The van der Waals surface area contributed by atoms with E-state index in [4.69, 9.17) is 4.74 Å². The summed E-state index contributed by atoms with van der Waals surface area (Å²) in [5.41, 5.74) is -0.111. The van der Waals surface area contributed by atoms with Gasteiger partial charge in [0.1, 0.15) is 10.6 Å². The second kappa shape index (κ2) is 7.91. The number of sulfone groups is 1. The number of rotatable bonds is 7. The maximum absolute atomic E-state index is 11.8. The number of benzene rings is 1. The minimum absolute atomic E-state index is 0.0808. The normalized spacial score (nSPS) is 16.9. The zero-order chi connectivity index (χ0) is 17.7. The molecule has 1 aliphatic heterocycles. The number of hydrogen-bond acceptors (Lipinski definition) is 7. The van der Waals surface area contributed by atoms with E-state index in [1.165, 1.54) is 12.1 Å². The molecule has 1 saturated heterocycles. The second-order valence-corrected chi connectivity index (χ2v) is 7.92. The summed E-state index contributed by atoms with van der Waals surface area (Å²) in [6.07, 6.45) is 2.65. The lowest BCUT2D eigenvalue weighted by atomic mass is 10.0. The third kappa shape index (κ3) is 4.65. The first-order valence-electron chi connectivity index (χ1n) is 7.78. The molecule has 134 valence electrons. The lowest BCUT2D eigenvalue weighted by Gasteiger charge is -2.32. The maximum atomic E-state index is 11.8. The fourth-order valence-corrected chi connectivity index (χ4v) is 3.73. The molecule has 0 spiro atoms. The van der Waals surface area contributed by atoms with E-state index in [2.05, 4.69) is 10.2 Å². The number of nitrogens with one attached hydrogen (secondary N) is 1. The number of nitro benzene ring substituents is 1. The number of methoxy groups -OCH3 is 1. The van der Waals surface area contributed by atoms with Gasteiger partial charge in [0.25, 0.3) is 0 Å². The van der Waals surface area contributed by atoms with Gasteiger partial charge in [0, 0.05) is 39.0 Å². The van der Waals surface area contributed by atoms with Gasteiger partial charge in [0.2, 0.25) is 0 Å².